The summed E-state index contributed by atoms with van der Waals surface area (Å²) in [6, 6.07) is 12.6. The van der Waals surface area contributed by atoms with Gasteiger partial charge in [0.05, 0.1) is 5.69 Å². The van der Waals surface area contributed by atoms with Crippen LogP contribution in [0.3, 0.4) is 0 Å². The number of imide groups is 1. The molecule has 0 radical (unpaired) electrons. The molecule has 3 rings (SSSR count). The maximum atomic E-state index is 12.8. The second-order valence-corrected chi connectivity index (χ2v) is 7.28. The Labute approximate surface area is 162 Å². The largest absolute Gasteiger partial charge is 0.350 e. The molecule has 2 aromatic rings. The van der Waals surface area contributed by atoms with Gasteiger partial charge in [0, 0.05) is 10.7 Å². The van der Waals surface area contributed by atoms with E-state index >= 15 is 0 Å². The quantitative estimate of drug-likeness (QED) is 0.731. The third-order valence-electron chi connectivity index (χ3n) is 4.27. The van der Waals surface area contributed by atoms with Crippen LogP contribution < -0.4 is 10.2 Å². The highest BCUT2D eigenvalue weighted by molar-refractivity contribution is 6.53. The topological polar surface area (TPSA) is 49.4 Å². The van der Waals surface area contributed by atoms with Crippen molar-refractivity contribution in [3.05, 3.63) is 69.3 Å². The van der Waals surface area contributed by atoms with Crippen molar-refractivity contribution in [3.63, 3.8) is 0 Å². The van der Waals surface area contributed by atoms with Gasteiger partial charge in [-0.05, 0) is 54.3 Å². The minimum atomic E-state index is -0.552. The van der Waals surface area contributed by atoms with Crippen molar-refractivity contribution in [2.24, 2.45) is 0 Å². The fraction of sp³-hybridized carbons (Fsp3) is 0.200. The van der Waals surface area contributed by atoms with E-state index in [0.29, 0.717) is 27.9 Å². The highest BCUT2D eigenvalue weighted by atomic mass is 35.5. The average Bonchev–Trinajstić information content (AvgIpc) is 2.80. The van der Waals surface area contributed by atoms with E-state index in [1.807, 2.05) is 24.3 Å². The Morgan fingerprint density at radius 1 is 0.962 bits per heavy atom. The Morgan fingerprint density at radius 2 is 1.62 bits per heavy atom. The molecule has 0 aromatic heterocycles. The first-order valence-corrected chi connectivity index (χ1v) is 8.97. The summed E-state index contributed by atoms with van der Waals surface area (Å²) in [4.78, 5) is 26.4. The molecule has 134 valence electrons. The van der Waals surface area contributed by atoms with Crippen molar-refractivity contribution in [2.75, 3.05) is 10.2 Å². The molecule has 2 amide bonds. The van der Waals surface area contributed by atoms with Gasteiger partial charge in [-0.25, -0.2) is 4.90 Å². The molecule has 1 aliphatic heterocycles. The molecule has 6 heteroatoms. The first-order chi connectivity index (χ1) is 12.3. The number of aryl methyl sites for hydroxylation is 1. The number of benzene rings is 2. The zero-order chi connectivity index (χ0) is 19.0. The van der Waals surface area contributed by atoms with E-state index in [1.54, 1.807) is 25.1 Å². The lowest BCUT2D eigenvalue weighted by Crippen LogP contribution is -2.32. The number of halogens is 2. The number of rotatable bonds is 4. The molecule has 0 unspecified atom stereocenters. The molecule has 0 fully saturated rings. The maximum Gasteiger partial charge on any atom is 0.283 e. The molecule has 0 spiro atoms. The Bertz CT molecular complexity index is 918. The average molecular weight is 389 g/mol. The van der Waals surface area contributed by atoms with Gasteiger partial charge in [-0.15, -0.1) is 0 Å². The summed E-state index contributed by atoms with van der Waals surface area (Å²) in [6.45, 7) is 5.99. The number of nitrogens with zero attached hydrogens (tertiary/aromatic N) is 1. The monoisotopic (exact) mass is 388 g/mol. The molecule has 0 atom stereocenters. The molecule has 0 aliphatic carbocycles. The molecule has 0 saturated heterocycles. The Hall–Kier alpha value is -2.30. The van der Waals surface area contributed by atoms with Gasteiger partial charge in [0.2, 0.25) is 0 Å². The zero-order valence-electron chi connectivity index (χ0n) is 14.6. The number of carbonyl (C=O) groups excluding carboxylic acids is 2. The normalized spacial score (nSPS) is 14.6. The minimum Gasteiger partial charge on any atom is -0.350 e. The highest BCUT2D eigenvalue weighted by Gasteiger charge is 2.39. The van der Waals surface area contributed by atoms with Crippen LogP contribution >= 0.6 is 23.2 Å². The van der Waals surface area contributed by atoms with Crippen molar-refractivity contribution in [3.8, 4) is 0 Å². The predicted octanol–water partition coefficient (Wildman–Crippen LogP) is 5.21. The van der Waals surface area contributed by atoms with Crippen LogP contribution in [-0.4, -0.2) is 11.8 Å². The van der Waals surface area contributed by atoms with Crippen LogP contribution in [0.15, 0.2) is 53.2 Å². The number of anilines is 2. The molecule has 0 bridgehead atoms. The lowest BCUT2D eigenvalue weighted by molar-refractivity contribution is -0.120. The summed E-state index contributed by atoms with van der Waals surface area (Å²) in [5.74, 6) is -0.633. The van der Waals surface area contributed by atoms with Crippen LogP contribution in [0.2, 0.25) is 5.02 Å². The Kier molecular flexibility index (Phi) is 5.08. The van der Waals surface area contributed by atoms with Crippen LogP contribution in [0, 0.1) is 6.92 Å². The van der Waals surface area contributed by atoms with E-state index in [0.717, 1.165) is 4.90 Å². The van der Waals surface area contributed by atoms with Gasteiger partial charge in [0.25, 0.3) is 11.8 Å². The van der Waals surface area contributed by atoms with E-state index in [9.17, 15) is 9.59 Å². The number of hydrogen-bond donors (Lipinski definition) is 1. The molecule has 1 N–H and O–H groups in total. The van der Waals surface area contributed by atoms with Crippen LogP contribution in [0.5, 0.6) is 0 Å². The van der Waals surface area contributed by atoms with E-state index in [1.165, 1.54) is 5.56 Å². The smallest absolute Gasteiger partial charge is 0.283 e. The van der Waals surface area contributed by atoms with Gasteiger partial charge < -0.3 is 5.32 Å². The zero-order valence-corrected chi connectivity index (χ0v) is 16.2. The van der Waals surface area contributed by atoms with E-state index in [2.05, 4.69) is 19.2 Å². The van der Waals surface area contributed by atoms with Gasteiger partial charge in [0.15, 0.2) is 0 Å². The Balaban J connectivity index is 1.89. The third kappa shape index (κ3) is 3.35. The van der Waals surface area contributed by atoms with Crippen LogP contribution in [0.4, 0.5) is 11.4 Å². The minimum absolute atomic E-state index is 0.0725. The maximum absolute atomic E-state index is 12.8. The molecule has 1 heterocycles. The fourth-order valence-electron chi connectivity index (χ4n) is 2.80. The van der Waals surface area contributed by atoms with Gasteiger partial charge in [-0.1, -0.05) is 49.2 Å². The van der Waals surface area contributed by atoms with E-state index in [-0.39, 0.29) is 10.7 Å². The lowest BCUT2D eigenvalue weighted by Gasteiger charge is -2.17. The molecular weight excluding hydrogens is 371 g/mol. The highest BCUT2D eigenvalue weighted by Crippen LogP contribution is 2.33. The van der Waals surface area contributed by atoms with Gasteiger partial charge in [-0.2, -0.15) is 0 Å². The van der Waals surface area contributed by atoms with Crippen molar-refractivity contribution in [1.82, 2.24) is 0 Å². The molecule has 0 saturated carbocycles. The second-order valence-electron chi connectivity index (χ2n) is 6.47. The molecule has 2 aromatic carbocycles. The third-order valence-corrected chi connectivity index (χ3v) is 4.86. The number of hydrogen-bond acceptors (Lipinski definition) is 3. The SMILES string of the molecule is Cc1cc(Cl)ccc1N1C(=O)C(Cl)=C(Nc2ccc(C(C)C)cc2)C1=O. The fourth-order valence-corrected chi connectivity index (χ4v) is 3.23. The molecule has 1 aliphatic rings. The van der Waals surface area contributed by atoms with Crippen molar-refractivity contribution in [2.45, 2.75) is 26.7 Å². The Morgan fingerprint density at radius 3 is 2.19 bits per heavy atom. The van der Waals surface area contributed by atoms with Gasteiger partial charge >= 0.3 is 0 Å². The first-order valence-electron chi connectivity index (χ1n) is 8.21. The van der Waals surface area contributed by atoms with Gasteiger partial charge in [0.1, 0.15) is 10.7 Å². The number of carbonyl (C=O) groups is 2. The number of amides is 2. The van der Waals surface area contributed by atoms with Gasteiger partial charge in [-0.3, -0.25) is 9.59 Å². The molecular formula is C20H18Cl2N2O2. The summed E-state index contributed by atoms with van der Waals surface area (Å²) in [7, 11) is 0. The summed E-state index contributed by atoms with van der Waals surface area (Å²) >= 11 is 12.1. The van der Waals surface area contributed by atoms with Crippen molar-refractivity contribution >= 4 is 46.4 Å². The van der Waals surface area contributed by atoms with Crippen LogP contribution in [-0.2, 0) is 9.59 Å². The van der Waals surface area contributed by atoms with E-state index < -0.39 is 11.8 Å². The predicted molar refractivity (Wildman–Crippen MR) is 106 cm³/mol. The summed E-state index contributed by atoms with van der Waals surface area (Å²) in [5, 5.41) is 3.38. The van der Waals surface area contributed by atoms with Crippen molar-refractivity contribution < 1.29 is 9.59 Å². The molecule has 4 nitrogen and oxygen atoms in total. The second kappa shape index (κ2) is 7.14. The lowest BCUT2D eigenvalue weighted by atomic mass is 10.0. The number of nitrogens with one attached hydrogen (secondary N) is 1. The summed E-state index contributed by atoms with van der Waals surface area (Å²) in [5.41, 5.74) is 3.13. The molecule has 26 heavy (non-hydrogen) atoms. The standard InChI is InChI=1S/C20H18Cl2N2O2/c1-11(2)13-4-7-15(8-5-13)23-18-17(22)19(25)24(20(18)26)16-9-6-14(21)10-12(16)3/h4-11,23H,1-3H3. The van der Waals surface area contributed by atoms with Crippen LogP contribution in [0.1, 0.15) is 30.9 Å². The van der Waals surface area contributed by atoms with Crippen LogP contribution in [0.25, 0.3) is 0 Å². The summed E-state index contributed by atoms with van der Waals surface area (Å²) < 4.78 is 0. The van der Waals surface area contributed by atoms with Crippen molar-refractivity contribution in [1.29, 1.82) is 0 Å². The summed E-state index contributed by atoms with van der Waals surface area (Å²) in [6.07, 6.45) is 0. The van der Waals surface area contributed by atoms with E-state index in [4.69, 9.17) is 23.2 Å². The first kappa shape index (κ1) is 18.5.